The number of hydrogen-bond acceptors (Lipinski definition) is 4. The summed E-state index contributed by atoms with van der Waals surface area (Å²) in [5, 5.41) is 6.32. The van der Waals surface area contributed by atoms with Crippen molar-refractivity contribution >= 4 is 40.6 Å². The fraction of sp³-hybridized carbons (Fsp3) is 0.280. The first-order valence-electron chi connectivity index (χ1n) is 11.0. The number of hydrogen-bond donors (Lipinski definition) is 3. The van der Waals surface area contributed by atoms with Crippen molar-refractivity contribution in [2.75, 3.05) is 5.32 Å². The Morgan fingerprint density at radius 3 is 2.73 bits per heavy atom. The maximum Gasteiger partial charge on any atom is 0.262 e. The van der Waals surface area contributed by atoms with Crippen LogP contribution in [0, 0.1) is 10.7 Å². The number of allylic oxidation sites excluding steroid dienone is 1. The number of fused-ring (bicyclic) bond motifs is 1. The molecule has 170 valence electrons. The summed E-state index contributed by atoms with van der Waals surface area (Å²) in [5.41, 5.74) is 2.30. The average molecular weight is 463 g/mol. The molecule has 3 N–H and O–H groups in total. The number of anilines is 1. The number of aromatic amines is 1. The highest BCUT2D eigenvalue weighted by molar-refractivity contribution is 7.71. The predicted octanol–water partition coefficient (Wildman–Crippen LogP) is 4.30. The van der Waals surface area contributed by atoms with Gasteiger partial charge in [0.05, 0.1) is 10.9 Å². The Balaban J connectivity index is 1.45. The van der Waals surface area contributed by atoms with Crippen LogP contribution in [0.25, 0.3) is 10.9 Å². The monoisotopic (exact) mass is 462 g/mol. The Bertz CT molecular complexity index is 1340. The summed E-state index contributed by atoms with van der Waals surface area (Å²) in [6.07, 6.45) is 5.71. The molecule has 0 atom stereocenters. The van der Waals surface area contributed by atoms with E-state index < -0.39 is 0 Å². The summed E-state index contributed by atoms with van der Waals surface area (Å²) < 4.78 is 1.70. The number of H-pyrrole nitrogens is 1. The van der Waals surface area contributed by atoms with Gasteiger partial charge in [-0.15, -0.1) is 6.58 Å². The minimum atomic E-state index is -0.271. The lowest BCUT2D eigenvalue weighted by Gasteiger charge is -2.12. The maximum absolute atomic E-state index is 12.7. The zero-order valence-electron chi connectivity index (χ0n) is 18.2. The Morgan fingerprint density at radius 1 is 1.18 bits per heavy atom. The standard InChI is InChI=1S/C25H26N4O3S/c1-2-12-29-24(32)20-11-10-18(14-21(20)28-25(29)33)22(30)26-15-16-6-5-9-19(13-16)27-23(31)17-7-3-4-8-17/h2,5-6,9-11,13-14,17H,1,3-4,7-8,12,15H2,(H,26,30)(H,27,31)(H,28,33). The zero-order valence-corrected chi connectivity index (χ0v) is 19.0. The van der Waals surface area contributed by atoms with E-state index in [9.17, 15) is 14.4 Å². The maximum atomic E-state index is 12.7. The molecule has 2 aromatic carbocycles. The first-order valence-corrected chi connectivity index (χ1v) is 11.4. The Morgan fingerprint density at radius 2 is 1.97 bits per heavy atom. The molecular weight excluding hydrogens is 436 g/mol. The third kappa shape index (κ3) is 5.12. The molecule has 0 saturated heterocycles. The van der Waals surface area contributed by atoms with E-state index in [4.69, 9.17) is 12.2 Å². The van der Waals surface area contributed by atoms with Gasteiger partial charge in [-0.1, -0.05) is 31.1 Å². The fourth-order valence-corrected chi connectivity index (χ4v) is 4.43. The van der Waals surface area contributed by atoms with Gasteiger partial charge in [-0.25, -0.2) is 0 Å². The number of benzene rings is 2. The molecule has 1 saturated carbocycles. The van der Waals surface area contributed by atoms with Gasteiger partial charge in [0, 0.05) is 30.3 Å². The molecule has 1 heterocycles. The number of aromatic nitrogens is 2. The smallest absolute Gasteiger partial charge is 0.262 e. The van der Waals surface area contributed by atoms with Crippen LogP contribution in [0.4, 0.5) is 5.69 Å². The lowest BCUT2D eigenvalue weighted by Crippen LogP contribution is -2.24. The molecular formula is C25H26N4O3S. The van der Waals surface area contributed by atoms with Crippen LogP contribution in [0.1, 0.15) is 41.6 Å². The average Bonchev–Trinajstić information content (AvgIpc) is 3.35. The van der Waals surface area contributed by atoms with E-state index in [1.165, 1.54) is 4.57 Å². The predicted molar refractivity (Wildman–Crippen MR) is 132 cm³/mol. The lowest BCUT2D eigenvalue weighted by molar-refractivity contribution is -0.119. The number of nitrogens with zero attached hydrogens (tertiary/aromatic N) is 1. The molecule has 8 heteroatoms. The number of rotatable bonds is 7. The SMILES string of the molecule is C=CCn1c(=S)[nH]c2cc(C(=O)NCc3cccc(NC(=O)C4CCCC4)c3)ccc2c1=O. The minimum Gasteiger partial charge on any atom is -0.348 e. The zero-order chi connectivity index (χ0) is 23.4. The van der Waals surface area contributed by atoms with Gasteiger partial charge < -0.3 is 15.6 Å². The van der Waals surface area contributed by atoms with Crippen molar-refractivity contribution in [3.63, 3.8) is 0 Å². The molecule has 3 aromatic rings. The summed E-state index contributed by atoms with van der Waals surface area (Å²) in [7, 11) is 0. The molecule has 2 amide bonds. The van der Waals surface area contributed by atoms with Gasteiger partial charge in [0.1, 0.15) is 0 Å². The Hall–Kier alpha value is -3.52. The second-order valence-electron chi connectivity index (χ2n) is 8.25. The van der Waals surface area contributed by atoms with E-state index in [0.29, 0.717) is 29.6 Å². The largest absolute Gasteiger partial charge is 0.348 e. The molecule has 4 rings (SSSR count). The summed E-state index contributed by atoms with van der Waals surface area (Å²) in [6, 6.07) is 12.3. The summed E-state index contributed by atoms with van der Waals surface area (Å²) in [6.45, 7) is 4.26. The van der Waals surface area contributed by atoms with Gasteiger partial charge in [0.15, 0.2) is 4.77 Å². The molecule has 0 unspecified atom stereocenters. The van der Waals surface area contributed by atoms with Gasteiger partial charge in [-0.2, -0.15) is 0 Å². The normalized spacial score (nSPS) is 13.7. The van der Waals surface area contributed by atoms with Crippen LogP contribution in [0.5, 0.6) is 0 Å². The number of amides is 2. The Kier molecular flexibility index (Phi) is 6.84. The van der Waals surface area contributed by atoms with Gasteiger partial charge >= 0.3 is 0 Å². The highest BCUT2D eigenvalue weighted by Gasteiger charge is 2.22. The summed E-state index contributed by atoms with van der Waals surface area (Å²) >= 11 is 5.26. The molecule has 0 spiro atoms. The summed E-state index contributed by atoms with van der Waals surface area (Å²) in [5.74, 6) is -0.115. The molecule has 1 aromatic heterocycles. The van der Waals surface area contributed by atoms with Gasteiger partial charge in [-0.3, -0.25) is 19.0 Å². The van der Waals surface area contributed by atoms with Gasteiger partial charge in [0.2, 0.25) is 5.91 Å². The van der Waals surface area contributed by atoms with Crippen LogP contribution in [0.15, 0.2) is 59.9 Å². The molecule has 0 bridgehead atoms. The molecule has 1 fully saturated rings. The quantitative estimate of drug-likeness (QED) is 0.360. The highest BCUT2D eigenvalue weighted by atomic mass is 32.1. The van der Waals surface area contributed by atoms with Crippen LogP contribution in [0.3, 0.4) is 0 Å². The number of nitrogens with one attached hydrogen (secondary N) is 3. The third-order valence-electron chi connectivity index (χ3n) is 5.93. The van der Waals surface area contributed by atoms with Gasteiger partial charge in [0.25, 0.3) is 11.5 Å². The van der Waals surface area contributed by atoms with Crippen molar-refractivity contribution in [2.45, 2.75) is 38.8 Å². The van der Waals surface area contributed by atoms with E-state index in [1.54, 1.807) is 24.3 Å². The van der Waals surface area contributed by atoms with Crippen LogP contribution in [-0.4, -0.2) is 21.4 Å². The second-order valence-corrected chi connectivity index (χ2v) is 8.64. The Labute approximate surface area is 196 Å². The van der Waals surface area contributed by atoms with E-state index in [1.807, 2.05) is 24.3 Å². The van der Waals surface area contributed by atoms with Gasteiger partial charge in [-0.05, 0) is 61.0 Å². The number of carbonyl (C=O) groups is 2. The van der Waals surface area contributed by atoms with Crippen LogP contribution in [-0.2, 0) is 17.9 Å². The topological polar surface area (TPSA) is 96.0 Å². The first-order chi connectivity index (χ1) is 16.0. The number of carbonyl (C=O) groups excluding carboxylic acids is 2. The fourth-order valence-electron chi connectivity index (χ4n) is 4.17. The van der Waals surface area contributed by atoms with Crippen LogP contribution < -0.4 is 16.2 Å². The van der Waals surface area contributed by atoms with Crippen LogP contribution in [0.2, 0.25) is 0 Å². The van der Waals surface area contributed by atoms with Crippen molar-refractivity contribution in [3.8, 4) is 0 Å². The van der Waals surface area contributed by atoms with E-state index >= 15 is 0 Å². The minimum absolute atomic E-state index is 0.0642. The molecule has 0 aliphatic heterocycles. The van der Waals surface area contributed by atoms with Crippen molar-refractivity contribution < 1.29 is 9.59 Å². The summed E-state index contributed by atoms with van der Waals surface area (Å²) in [4.78, 5) is 40.7. The van der Waals surface area contributed by atoms with E-state index in [2.05, 4.69) is 22.2 Å². The highest BCUT2D eigenvalue weighted by Crippen LogP contribution is 2.26. The van der Waals surface area contributed by atoms with Crippen molar-refractivity contribution in [2.24, 2.45) is 5.92 Å². The molecule has 33 heavy (non-hydrogen) atoms. The van der Waals surface area contributed by atoms with E-state index in [-0.39, 0.29) is 28.1 Å². The first kappa shape index (κ1) is 22.7. The molecule has 1 aliphatic carbocycles. The van der Waals surface area contributed by atoms with Crippen LogP contribution >= 0.6 is 12.2 Å². The molecule has 1 aliphatic rings. The molecule has 7 nitrogen and oxygen atoms in total. The lowest BCUT2D eigenvalue weighted by atomic mass is 10.1. The van der Waals surface area contributed by atoms with Crippen molar-refractivity contribution in [3.05, 3.63) is 81.4 Å². The van der Waals surface area contributed by atoms with Crippen molar-refractivity contribution in [1.29, 1.82) is 0 Å². The second kappa shape index (κ2) is 9.95. The van der Waals surface area contributed by atoms with E-state index in [0.717, 1.165) is 36.9 Å². The third-order valence-corrected chi connectivity index (χ3v) is 6.25. The van der Waals surface area contributed by atoms with Crippen molar-refractivity contribution in [1.82, 2.24) is 14.9 Å². The molecule has 0 radical (unpaired) electrons.